The maximum Gasteiger partial charge on any atom is 0.251 e. The third-order valence-corrected chi connectivity index (χ3v) is 3.22. The van der Waals surface area contributed by atoms with E-state index in [2.05, 4.69) is 30.7 Å². The molecule has 0 fully saturated rings. The largest absolute Gasteiger partial charge is 0.375 e. The molecule has 0 aliphatic heterocycles. The Morgan fingerprint density at radius 2 is 2.12 bits per heavy atom. The summed E-state index contributed by atoms with van der Waals surface area (Å²) in [5, 5.41) is 9.84. The van der Waals surface area contributed by atoms with Gasteiger partial charge in [0.15, 0.2) is 0 Å². The molecule has 1 amide bonds. The second-order valence-electron chi connectivity index (χ2n) is 5.20. The highest BCUT2D eigenvalue weighted by Crippen LogP contribution is 2.21. The highest BCUT2D eigenvalue weighted by atomic mass is 16.5. The SMILES string of the molecule is COCC(=O)Nc1cc(-c2ccnc(Nc3cnn(C)c3)n2)ccn1. The molecule has 0 saturated carbocycles. The fourth-order valence-electron chi connectivity index (χ4n) is 2.16. The Morgan fingerprint density at radius 1 is 1.28 bits per heavy atom. The number of nitrogens with one attached hydrogen (secondary N) is 2. The molecule has 3 heterocycles. The molecule has 9 nitrogen and oxygen atoms in total. The standard InChI is InChI=1S/C16H17N7O2/c1-23-9-12(8-19-23)20-16-18-6-4-13(21-16)11-3-5-17-14(7-11)22-15(24)10-25-2/h3-9H,10H2,1-2H3,(H,17,22,24)(H,18,20,21). The highest BCUT2D eigenvalue weighted by molar-refractivity contribution is 5.91. The Kier molecular flexibility index (Phi) is 4.95. The molecule has 0 saturated heterocycles. The number of ether oxygens (including phenoxy) is 1. The van der Waals surface area contributed by atoms with Gasteiger partial charge >= 0.3 is 0 Å². The zero-order valence-electron chi connectivity index (χ0n) is 13.8. The van der Waals surface area contributed by atoms with Gasteiger partial charge in [-0.1, -0.05) is 0 Å². The lowest BCUT2D eigenvalue weighted by molar-refractivity contribution is -0.119. The summed E-state index contributed by atoms with van der Waals surface area (Å²) < 4.78 is 6.47. The first-order valence-corrected chi connectivity index (χ1v) is 7.48. The number of carbonyl (C=O) groups excluding carboxylic acids is 1. The van der Waals surface area contributed by atoms with E-state index >= 15 is 0 Å². The second-order valence-corrected chi connectivity index (χ2v) is 5.20. The van der Waals surface area contributed by atoms with E-state index in [1.54, 1.807) is 35.4 Å². The first kappa shape index (κ1) is 16.5. The Balaban J connectivity index is 1.79. The minimum Gasteiger partial charge on any atom is -0.375 e. The van der Waals surface area contributed by atoms with Crippen molar-refractivity contribution in [2.45, 2.75) is 0 Å². The molecular weight excluding hydrogens is 322 g/mol. The zero-order chi connectivity index (χ0) is 17.6. The normalized spacial score (nSPS) is 10.5. The van der Waals surface area contributed by atoms with Crippen LogP contribution in [0.3, 0.4) is 0 Å². The van der Waals surface area contributed by atoms with Crippen LogP contribution in [0.1, 0.15) is 0 Å². The van der Waals surface area contributed by atoms with Crippen molar-refractivity contribution in [3.63, 3.8) is 0 Å². The number of hydrogen-bond donors (Lipinski definition) is 2. The topological polar surface area (TPSA) is 107 Å². The molecule has 0 aliphatic carbocycles. The summed E-state index contributed by atoms with van der Waals surface area (Å²) in [6, 6.07) is 5.33. The Labute approximate surface area is 144 Å². The lowest BCUT2D eigenvalue weighted by Crippen LogP contribution is -2.17. The van der Waals surface area contributed by atoms with Gasteiger partial charge in [0.1, 0.15) is 12.4 Å². The van der Waals surface area contributed by atoms with E-state index in [1.807, 2.05) is 19.3 Å². The van der Waals surface area contributed by atoms with Gasteiger partial charge in [0, 0.05) is 38.3 Å². The van der Waals surface area contributed by atoms with Gasteiger partial charge in [0.25, 0.3) is 5.91 Å². The molecule has 3 aromatic heterocycles. The summed E-state index contributed by atoms with van der Waals surface area (Å²) >= 11 is 0. The minimum atomic E-state index is -0.270. The molecule has 9 heteroatoms. The van der Waals surface area contributed by atoms with Gasteiger partial charge in [0.05, 0.1) is 17.6 Å². The molecule has 0 radical (unpaired) electrons. The third kappa shape index (κ3) is 4.36. The summed E-state index contributed by atoms with van der Waals surface area (Å²) in [7, 11) is 3.29. The average Bonchev–Trinajstić information content (AvgIpc) is 3.00. The quantitative estimate of drug-likeness (QED) is 0.702. The molecule has 0 aliphatic rings. The van der Waals surface area contributed by atoms with Crippen LogP contribution < -0.4 is 10.6 Å². The van der Waals surface area contributed by atoms with Crippen LogP contribution in [0.2, 0.25) is 0 Å². The van der Waals surface area contributed by atoms with Crippen molar-refractivity contribution >= 4 is 23.4 Å². The van der Waals surface area contributed by atoms with Crippen LogP contribution in [-0.4, -0.2) is 44.4 Å². The molecule has 25 heavy (non-hydrogen) atoms. The van der Waals surface area contributed by atoms with E-state index in [0.29, 0.717) is 17.5 Å². The number of anilines is 3. The smallest absolute Gasteiger partial charge is 0.251 e. The molecule has 3 aromatic rings. The van der Waals surface area contributed by atoms with Crippen LogP contribution in [0.15, 0.2) is 43.0 Å². The van der Waals surface area contributed by atoms with Gasteiger partial charge in [-0.25, -0.2) is 15.0 Å². The maximum atomic E-state index is 11.6. The average molecular weight is 339 g/mol. The number of amides is 1. The Hall–Kier alpha value is -3.33. The van der Waals surface area contributed by atoms with E-state index in [9.17, 15) is 4.79 Å². The van der Waals surface area contributed by atoms with Crippen molar-refractivity contribution in [3.8, 4) is 11.3 Å². The van der Waals surface area contributed by atoms with Crippen molar-refractivity contribution in [2.75, 3.05) is 24.4 Å². The van der Waals surface area contributed by atoms with Crippen LogP contribution in [0.5, 0.6) is 0 Å². The van der Waals surface area contributed by atoms with Crippen molar-refractivity contribution < 1.29 is 9.53 Å². The molecule has 2 N–H and O–H groups in total. The number of aryl methyl sites for hydroxylation is 1. The molecule has 0 atom stereocenters. The minimum absolute atomic E-state index is 0.0292. The third-order valence-electron chi connectivity index (χ3n) is 3.22. The highest BCUT2D eigenvalue weighted by Gasteiger charge is 2.07. The summed E-state index contributed by atoms with van der Waals surface area (Å²) in [5.41, 5.74) is 2.30. The van der Waals surface area contributed by atoms with Gasteiger partial charge in [-0.05, 0) is 18.2 Å². The van der Waals surface area contributed by atoms with Crippen molar-refractivity contribution in [1.29, 1.82) is 0 Å². The second kappa shape index (κ2) is 7.49. The molecule has 0 bridgehead atoms. The predicted octanol–water partition coefficient (Wildman–Crippen LogP) is 1.60. The Bertz CT molecular complexity index is 878. The van der Waals surface area contributed by atoms with Crippen molar-refractivity contribution in [2.24, 2.45) is 7.05 Å². The van der Waals surface area contributed by atoms with Crippen LogP contribution in [-0.2, 0) is 16.6 Å². The molecule has 0 unspecified atom stereocenters. The zero-order valence-corrected chi connectivity index (χ0v) is 13.8. The van der Waals surface area contributed by atoms with Gasteiger partial charge in [-0.2, -0.15) is 5.10 Å². The van der Waals surface area contributed by atoms with Crippen LogP contribution in [0.4, 0.5) is 17.5 Å². The van der Waals surface area contributed by atoms with Crippen molar-refractivity contribution in [1.82, 2.24) is 24.7 Å². The number of aromatic nitrogens is 5. The Morgan fingerprint density at radius 3 is 2.88 bits per heavy atom. The fourth-order valence-corrected chi connectivity index (χ4v) is 2.16. The van der Waals surface area contributed by atoms with Gasteiger partial charge in [-0.15, -0.1) is 0 Å². The van der Waals surface area contributed by atoms with Gasteiger partial charge < -0.3 is 15.4 Å². The van der Waals surface area contributed by atoms with Gasteiger partial charge in [0.2, 0.25) is 5.95 Å². The first-order chi connectivity index (χ1) is 12.1. The van der Waals surface area contributed by atoms with E-state index in [0.717, 1.165) is 11.3 Å². The number of methoxy groups -OCH3 is 1. The summed E-state index contributed by atoms with van der Waals surface area (Å²) in [4.78, 5) is 24.4. The van der Waals surface area contributed by atoms with Crippen molar-refractivity contribution in [3.05, 3.63) is 43.0 Å². The van der Waals surface area contributed by atoms with E-state index in [-0.39, 0.29) is 12.5 Å². The number of rotatable bonds is 6. The van der Waals surface area contributed by atoms with Crippen LogP contribution in [0.25, 0.3) is 11.3 Å². The molecule has 0 aromatic carbocycles. The van der Waals surface area contributed by atoms with Gasteiger partial charge in [-0.3, -0.25) is 9.48 Å². The van der Waals surface area contributed by atoms with E-state index in [1.165, 1.54) is 7.11 Å². The van der Waals surface area contributed by atoms with Crippen LogP contribution in [0, 0.1) is 0 Å². The maximum absolute atomic E-state index is 11.6. The number of carbonyl (C=O) groups is 1. The molecule has 128 valence electrons. The molecular formula is C16H17N7O2. The lowest BCUT2D eigenvalue weighted by atomic mass is 10.2. The summed E-state index contributed by atoms with van der Waals surface area (Å²) in [6.07, 6.45) is 6.77. The molecule has 3 rings (SSSR count). The fraction of sp³-hybridized carbons (Fsp3) is 0.188. The molecule has 0 spiro atoms. The summed E-state index contributed by atoms with van der Waals surface area (Å²) in [6.45, 7) is -0.0292. The number of pyridine rings is 1. The summed E-state index contributed by atoms with van der Waals surface area (Å²) in [5.74, 6) is 0.612. The number of hydrogen-bond acceptors (Lipinski definition) is 7. The number of nitrogens with zero attached hydrogens (tertiary/aromatic N) is 5. The lowest BCUT2D eigenvalue weighted by Gasteiger charge is -2.07. The predicted molar refractivity (Wildman–Crippen MR) is 92.3 cm³/mol. The van der Waals surface area contributed by atoms with Crippen LogP contribution >= 0.6 is 0 Å². The monoisotopic (exact) mass is 339 g/mol. The van der Waals surface area contributed by atoms with E-state index < -0.39 is 0 Å². The first-order valence-electron chi connectivity index (χ1n) is 7.48. The van der Waals surface area contributed by atoms with E-state index in [4.69, 9.17) is 4.74 Å².